The lowest BCUT2D eigenvalue weighted by atomic mass is 9.88. The van der Waals surface area contributed by atoms with Crippen LogP contribution in [0.25, 0.3) is 11.0 Å². The van der Waals surface area contributed by atoms with E-state index in [9.17, 15) is 0 Å². The van der Waals surface area contributed by atoms with Crippen LogP contribution in [0.1, 0.15) is 31.4 Å². The smallest absolute Gasteiger partial charge is 0.193 e. The molecule has 6 heteroatoms. The topological polar surface area (TPSA) is 53.2 Å². The molecule has 0 amide bonds. The number of aliphatic imine (C=N–C) groups is 1. The molecule has 6 nitrogen and oxygen atoms in total. The van der Waals surface area contributed by atoms with Crippen molar-refractivity contribution in [2.45, 2.75) is 37.8 Å². The summed E-state index contributed by atoms with van der Waals surface area (Å²) in [6.07, 6.45) is 4.79. The van der Waals surface area contributed by atoms with Gasteiger partial charge in [-0.2, -0.15) is 0 Å². The first-order valence-corrected chi connectivity index (χ1v) is 10.4. The molecule has 0 atom stereocenters. The zero-order valence-corrected chi connectivity index (χ0v) is 17.1. The monoisotopic (exact) mass is 384 g/mol. The van der Waals surface area contributed by atoms with Crippen LogP contribution < -0.4 is 5.32 Å². The summed E-state index contributed by atoms with van der Waals surface area (Å²) in [5.41, 5.74) is 1.12. The van der Waals surface area contributed by atoms with Crippen LogP contribution >= 0.6 is 0 Å². The van der Waals surface area contributed by atoms with Crippen molar-refractivity contribution in [3.63, 3.8) is 0 Å². The standard InChI is InChI=1S/C22H32N4O2/c1-23-21(25(2)16-19-15-18-7-3-4-8-20(18)28-19)24-17-22(9-13-27-14-10-22)26-11-5-6-12-26/h3-4,7-8,15H,5-6,9-14,16-17H2,1-2H3,(H,23,24). The second-order valence-corrected chi connectivity index (χ2v) is 8.04. The van der Waals surface area contributed by atoms with Crippen molar-refractivity contribution in [2.24, 2.45) is 4.99 Å². The molecule has 0 bridgehead atoms. The summed E-state index contributed by atoms with van der Waals surface area (Å²) < 4.78 is 11.6. The van der Waals surface area contributed by atoms with E-state index in [1.165, 1.54) is 25.9 Å². The van der Waals surface area contributed by atoms with E-state index in [0.29, 0.717) is 6.54 Å². The average molecular weight is 385 g/mol. The Hall–Kier alpha value is -2.05. The van der Waals surface area contributed by atoms with Crippen LogP contribution in [-0.4, -0.2) is 68.2 Å². The molecular weight excluding hydrogens is 352 g/mol. The van der Waals surface area contributed by atoms with Crippen LogP contribution in [0.4, 0.5) is 0 Å². The molecule has 152 valence electrons. The average Bonchev–Trinajstić information content (AvgIpc) is 3.39. The van der Waals surface area contributed by atoms with Gasteiger partial charge < -0.3 is 19.4 Å². The molecule has 0 spiro atoms. The van der Waals surface area contributed by atoms with E-state index in [2.05, 4.69) is 39.3 Å². The van der Waals surface area contributed by atoms with Crippen molar-refractivity contribution in [3.05, 3.63) is 36.1 Å². The predicted molar refractivity (Wildman–Crippen MR) is 113 cm³/mol. The highest BCUT2D eigenvalue weighted by molar-refractivity contribution is 5.80. The molecule has 2 aliphatic heterocycles. The summed E-state index contributed by atoms with van der Waals surface area (Å²) >= 11 is 0. The largest absolute Gasteiger partial charge is 0.459 e. The highest BCUT2D eigenvalue weighted by Gasteiger charge is 2.39. The molecule has 3 heterocycles. The Bertz CT molecular complexity index is 771. The lowest BCUT2D eigenvalue weighted by Gasteiger charge is -2.45. The van der Waals surface area contributed by atoms with Crippen molar-refractivity contribution in [2.75, 3.05) is 46.9 Å². The maximum atomic E-state index is 5.98. The molecule has 2 aliphatic rings. The van der Waals surface area contributed by atoms with Gasteiger partial charge in [0.05, 0.1) is 6.54 Å². The summed E-state index contributed by atoms with van der Waals surface area (Å²) in [6, 6.07) is 10.3. The number of fused-ring (bicyclic) bond motifs is 1. The summed E-state index contributed by atoms with van der Waals surface area (Å²) in [5, 5.41) is 4.79. The van der Waals surface area contributed by atoms with E-state index >= 15 is 0 Å². The van der Waals surface area contributed by atoms with Crippen LogP contribution in [0, 0.1) is 0 Å². The summed E-state index contributed by atoms with van der Waals surface area (Å²) in [6.45, 7) is 5.71. The van der Waals surface area contributed by atoms with Gasteiger partial charge >= 0.3 is 0 Å². The number of benzene rings is 1. The quantitative estimate of drug-likeness (QED) is 0.634. The van der Waals surface area contributed by atoms with Gasteiger partial charge in [0.1, 0.15) is 11.3 Å². The second-order valence-electron chi connectivity index (χ2n) is 8.04. The van der Waals surface area contributed by atoms with Crippen LogP contribution in [0.5, 0.6) is 0 Å². The number of para-hydroxylation sites is 1. The molecular formula is C22H32N4O2. The summed E-state index contributed by atoms with van der Waals surface area (Å²) in [5.74, 6) is 1.86. The number of ether oxygens (including phenoxy) is 1. The minimum absolute atomic E-state index is 0.185. The predicted octanol–water partition coefficient (Wildman–Crippen LogP) is 3.09. The van der Waals surface area contributed by atoms with Crippen molar-refractivity contribution in [1.82, 2.24) is 15.1 Å². The Morgan fingerprint density at radius 2 is 1.96 bits per heavy atom. The lowest BCUT2D eigenvalue weighted by Crippen LogP contribution is -2.58. The van der Waals surface area contributed by atoms with E-state index in [1.54, 1.807) is 0 Å². The van der Waals surface area contributed by atoms with E-state index in [1.807, 2.05) is 25.2 Å². The fourth-order valence-corrected chi connectivity index (χ4v) is 4.60. The number of likely N-dealkylation sites (tertiary alicyclic amines) is 1. The molecule has 0 unspecified atom stereocenters. The molecule has 4 rings (SSSR count). The molecule has 28 heavy (non-hydrogen) atoms. The van der Waals surface area contributed by atoms with Gasteiger partial charge in [0.15, 0.2) is 5.96 Å². The first-order chi connectivity index (χ1) is 13.7. The number of nitrogens with zero attached hydrogens (tertiary/aromatic N) is 3. The molecule has 2 aromatic rings. The summed E-state index contributed by atoms with van der Waals surface area (Å²) in [4.78, 5) is 9.33. The number of nitrogens with one attached hydrogen (secondary N) is 1. The third-order valence-corrected chi connectivity index (χ3v) is 6.22. The SMILES string of the molecule is CN=C(NCC1(N2CCCC2)CCOCC1)N(C)Cc1cc2ccccc2o1. The van der Waals surface area contributed by atoms with Gasteiger partial charge in [0.25, 0.3) is 0 Å². The van der Waals surface area contributed by atoms with Crippen LogP contribution in [0.15, 0.2) is 39.7 Å². The molecule has 1 aromatic heterocycles. The highest BCUT2D eigenvalue weighted by Crippen LogP contribution is 2.30. The van der Waals surface area contributed by atoms with Gasteiger partial charge in [-0.25, -0.2) is 0 Å². The fraction of sp³-hybridized carbons (Fsp3) is 0.591. The second kappa shape index (κ2) is 8.53. The first-order valence-electron chi connectivity index (χ1n) is 10.4. The van der Waals surface area contributed by atoms with Gasteiger partial charge in [-0.05, 0) is 50.9 Å². The van der Waals surface area contributed by atoms with Gasteiger partial charge in [0.2, 0.25) is 0 Å². The number of furan rings is 1. The van der Waals surface area contributed by atoms with Crippen molar-refractivity contribution < 1.29 is 9.15 Å². The van der Waals surface area contributed by atoms with Gasteiger partial charge in [0, 0.05) is 44.8 Å². The van der Waals surface area contributed by atoms with E-state index < -0.39 is 0 Å². The van der Waals surface area contributed by atoms with Crippen LogP contribution in [0.3, 0.4) is 0 Å². The Morgan fingerprint density at radius 1 is 1.21 bits per heavy atom. The fourth-order valence-electron chi connectivity index (χ4n) is 4.60. The molecule has 0 aliphatic carbocycles. The molecule has 2 fully saturated rings. The zero-order valence-electron chi connectivity index (χ0n) is 17.1. The maximum absolute atomic E-state index is 5.98. The van der Waals surface area contributed by atoms with Crippen LogP contribution in [0.2, 0.25) is 0 Å². The normalized spacial score (nSPS) is 20.6. The molecule has 1 aromatic carbocycles. The maximum Gasteiger partial charge on any atom is 0.193 e. The van der Waals surface area contributed by atoms with E-state index in [4.69, 9.17) is 9.15 Å². The third kappa shape index (κ3) is 4.03. The van der Waals surface area contributed by atoms with Gasteiger partial charge in [-0.1, -0.05) is 18.2 Å². The van der Waals surface area contributed by atoms with Gasteiger partial charge in [-0.15, -0.1) is 0 Å². The molecule has 1 N–H and O–H groups in total. The Balaban J connectivity index is 1.41. The third-order valence-electron chi connectivity index (χ3n) is 6.22. The minimum atomic E-state index is 0.185. The number of guanidine groups is 1. The molecule has 2 saturated heterocycles. The first kappa shape index (κ1) is 19.3. The number of hydrogen-bond acceptors (Lipinski definition) is 4. The molecule has 0 saturated carbocycles. The highest BCUT2D eigenvalue weighted by atomic mass is 16.5. The molecule has 0 radical (unpaired) electrons. The lowest BCUT2D eigenvalue weighted by molar-refractivity contribution is -0.0166. The Morgan fingerprint density at radius 3 is 2.68 bits per heavy atom. The summed E-state index contributed by atoms with van der Waals surface area (Å²) in [7, 11) is 3.92. The minimum Gasteiger partial charge on any atom is -0.459 e. The Kier molecular flexibility index (Phi) is 5.87. The van der Waals surface area contributed by atoms with E-state index in [0.717, 1.165) is 55.3 Å². The van der Waals surface area contributed by atoms with Crippen molar-refractivity contribution in [1.29, 1.82) is 0 Å². The Labute approximate surface area is 167 Å². The zero-order chi connectivity index (χ0) is 19.4. The van der Waals surface area contributed by atoms with Crippen LogP contribution in [-0.2, 0) is 11.3 Å². The van der Waals surface area contributed by atoms with E-state index in [-0.39, 0.29) is 5.54 Å². The van der Waals surface area contributed by atoms with Gasteiger partial charge in [-0.3, -0.25) is 9.89 Å². The number of rotatable bonds is 5. The number of hydrogen-bond donors (Lipinski definition) is 1. The van der Waals surface area contributed by atoms with Crippen molar-refractivity contribution >= 4 is 16.9 Å². The van der Waals surface area contributed by atoms with Crippen molar-refractivity contribution in [3.8, 4) is 0 Å².